The summed E-state index contributed by atoms with van der Waals surface area (Å²) in [5.74, 6) is -2.89. The van der Waals surface area contributed by atoms with Crippen molar-refractivity contribution in [1.29, 1.82) is 0 Å². The van der Waals surface area contributed by atoms with Gasteiger partial charge < -0.3 is 26.6 Å². The van der Waals surface area contributed by atoms with E-state index in [0.717, 1.165) is 52.8 Å². The lowest BCUT2D eigenvalue weighted by Crippen LogP contribution is -2.33. The lowest BCUT2D eigenvalue weighted by Gasteiger charge is -2.21. The number of aliphatic hydroxyl groups excluding tert-OH is 1. The first-order chi connectivity index (χ1) is 22.5. The van der Waals surface area contributed by atoms with Gasteiger partial charge in [-0.25, -0.2) is 0 Å². The minimum atomic E-state index is -1.04. The van der Waals surface area contributed by atoms with Crippen LogP contribution in [0.3, 0.4) is 0 Å². The number of fused-ring (bicyclic) bond motifs is 3. The van der Waals surface area contributed by atoms with E-state index in [1.54, 1.807) is 24.3 Å². The third kappa shape index (κ3) is 9.01. The molecule has 6 N–H and O–H groups in total. The molecule has 0 aliphatic heterocycles. The van der Waals surface area contributed by atoms with E-state index in [-0.39, 0.29) is 49.8 Å². The Morgan fingerprint density at radius 1 is 0.787 bits per heavy atom. The van der Waals surface area contributed by atoms with Crippen molar-refractivity contribution in [2.24, 2.45) is 11.8 Å². The number of benzene rings is 4. The smallest absolute Gasteiger partial charge is 0.316 e. The van der Waals surface area contributed by atoms with Crippen molar-refractivity contribution in [3.8, 4) is 11.1 Å². The number of ketones is 1. The number of ether oxygens (including phenoxy) is 1. The van der Waals surface area contributed by atoms with Gasteiger partial charge in [0, 0.05) is 23.9 Å². The SMILES string of the molecule is CNCCCC[C@H](CC(=O)[C@H](Cc1ccccc1)C(=O)OCC1c2ccccc2-c2ccccc21)C(=O)Nc1ccc(CO)cc1.N. The summed E-state index contributed by atoms with van der Waals surface area (Å²) in [7, 11) is 1.88. The highest BCUT2D eigenvalue weighted by atomic mass is 16.5. The predicted molar refractivity (Wildman–Crippen MR) is 185 cm³/mol. The monoisotopic (exact) mass is 635 g/mol. The fraction of sp³-hybridized carbons (Fsp3) is 0.308. The molecule has 1 aliphatic carbocycles. The Bertz CT molecular complexity index is 1580. The van der Waals surface area contributed by atoms with E-state index in [1.807, 2.05) is 61.6 Å². The molecule has 0 unspecified atom stereocenters. The normalized spacial score (nSPS) is 13.1. The van der Waals surface area contributed by atoms with Gasteiger partial charge in [-0.1, -0.05) is 97.4 Å². The van der Waals surface area contributed by atoms with Gasteiger partial charge in [-0.15, -0.1) is 0 Å². The van der Waals surface area contributed by atoms with Gasteiger partial charge in [0.05, 0.1) is 6.61 Å². The summed E-state index contributed by atoms with van der Waals surface area (Å²) >= 11 is 0. The predicted octanol–water partition coefficient (Wildman–Crippen LogP) is 6.46. The summed E-state index contributed by atoms with van der Waals surface area (Å²) in [5, 5.41) is 15.4. The fourth-order valence-corrected chi connectivity index (χ4v) is 6.23. The van der Waals surface area contributed by atoms with E-state index in [0.29, 0.717) is 12.1 Å². The van der Waals surface area contributed by atoms with Crippen LogP contribution in [0, 0.1) is 11.8 Å². The van der Waals surface area contributed by atoms with Crippen LogP contribution in [0.1, 0.15) is 53.9 Å². The number of aliphatic hydroxyl groups is 1. The van der Waals surface area contributed by atoms with Gasteiger partial charge in [0.2, 0.25) is 5.91 Å². The van der Waals surface area contributed by atoms with Crippen molar-refractivity contribution >= 4 is 23.3 Å². The third-order valence-corrected chi connectivity index (χ3v) is 8.76. The third-order valence-electron chi connectivity index (χ3n) is 8.76. The Kier molecular flexibility index (Phi) is 13.0. The largest absolute Gasteiger partial charge is 0.464 e. The molecule has 0 fully saturated rings. The van der Waals surface area contributed by atoms with Crippen molar-refractivity contribution in [3.63, 3.8) is 0 Å². The Morgan fingerprint density at radius 2 is 1.40 bits per heavy atom. The second-order valence-corrected chi connectivity index (χ2v) is 11.9. The van der Waals surface area contributed by atoms with Gasteiger partial charge in [-0.2, -0.15) is 0 Å². The summed E-state index contributed by atoms with van der Waals surface area (Å²) in [5.41, 5.74) is 6.66. The van der Waals surface area contributed by atoms with E-state index in [2.05, 4.69) is 34.9 Å². The number of amides is 1. The summed E-state index contributed by atoms with van der Waals surface area (Å²) in [6, 6.07) is 32.7. The van der Waals surface area contributed by atoms with Crippen LogP contribution in [-0.4, -0.2) is 43.0 Å². The molecule has 47 heavy (non-hydrogen) atoms. The molecule has 2 atom stereocenters. The minimum absolute atomic E-state index is 0. The number of anilines is 1. The molecule has 5 rings (SSSR count). The standard InChI is InChI=1S/C39H42N2O5.H3N/c1-40-22-10-9-13-29(38(44)41-30-20-18-28(25-42)19-21-30)24-37(43)35(23-27-11-3-2-4-12-27)39(45)46-26-36-33-16-7-5-14-31(33)32-15-6-8-17-34(32)36;/h2-8,11-12,14-21,29,35-36,40,42H,9-10,13,22-26H2,1H3,(H,41,44);1H3/t29-,35+;/m1./s1. The van der Waals surface area contributed by atoms with Gasteiger partial charge in [0.1, 0.15) is 18.3 Å². The first-order valence-electron chi connectivity index (χ1n) is 16.0. The first-order valence-corrected chi connectivity index (χ1v) is 16.0. The van der Waals surface area contributed by atoms with Crippen LogP contribution < -0.4 is 16.8 Å². The molecule has 0 heterocycles. The maximum atomic E-state index is 14.0. The quantitative estimate of drug-likeness (QED) is 0.0630. The highest BCUT2D eigenvalue weighted by Crippen LogP contribution is 2.44. The molecule has 0 radical (unpaired) electrons. The first kappa shape index (κ1) is 35.2. The van der Waals surface area contributed by atoms with Gasteiger partial charge in [0.15, 0.2) is 0 Å². The van der Waals surface area contributed by atoms with Gasteiger partial charge >= 0.3 is 5.97 Å². The zero-order chi connectivity index (χ0) is 32.3. The zero-order valence-corrected chi connectivity index (χ0v) is 27.0. The van der Waals surface area contributed by atoms with E-state index in [9.17, 15) is 19.5 Å². The Morgan fingerprint density at radius 3 is 2.02 bits per heavy atom. The molecule has 0 bridgehead atoms. The summed E-state index contributed by atoms with van der Waals surface area (Å²) < 4.78 is 5.98. The molecule has 246 valence electrons. The highest BCUT2D eigenvalue weighted by Gasteiger charge is 2.34. The summed E-state index contributed by atoms with van der Waals surface area (Å²) in [6.07, 6.45) is 2.26. The number of carbonyl (C=O) groups is 3. The van der Waals surface area contributed by atoms with Crippen molar-refractivity contribution in [3.05, 3.63) is 125 Å². The topological polar surface area (TPSA) is 140 Å². The molecule has 0 saturated heterocycles. The number of esters is 1. The van der Waals surface area contributed by atoms with Gasteiger partial charge in [0.25, 0.3) is 0 Å². The number of hydrogen-bond acceptors (Lipinski definition) is 7. The zero-order valence-electron chi connectivity index (χ0n) is 27.0. The van der Waals surface area contributed by atoms with Crippen LogP contribution in [0.5, 0.6) is 0 Å². The van der Waals surface area contributed by atoms with Crippen molar-refractivity contribution < 1.29 is 24.2 Å². The molecule has 0 aromatic heterocycles. The molecular weight excluding hydrogens is 590 g/mol. The molecule has 8 heteroatoms. The molecule has 1 amide bonds. The van der Waals surface area contributed by atoms with Crippen LogP contribution >= 0.6 is 0 Å². The molecule has 0 saturated carbocycles. The summed E-state index contributed by atoms with van der Waals surface area (Å²) in [6.45, 7) is 0.847. The number of Topliss-reactive ketones (excluding diaryl/α,β-unsaturated/α-hetero) is 1. The van der Waals surface area contributed by atoms with E-state index in [4.69, 9.17) is 4.74 Å². The van der Waals surface area contributed by atoms with Gasteiger partial charge in [-0.3, -0.25) is 14.4 Å². The molecule has 1 aliphatic rings. The van der Waals surface area contributed by atoms with Crippen LogP contribution in [0.4, 0.5) is 5.69 Å². The molecule has 0 spiro atoms. The van der Waals surface area contributed by atoms with Gasteiger partial charge in [-0.05, 0) is 78.4 Å². The Hall–Kier alpha value is -4.63. The summed E-state index contributed by atoms with van der Waals surface area (Å²) in [4.78, 5) is 41.3. The fourth-order valence-electron chi connectivity index (χ4n) is 6.23. The van der Waals surface area contributed by atoms with Crippen molar-refractivity contribution in [2.75, 3.05) is 25.5 Å². The lowest BCUT2D eigenvalue weighted by atomic mass is 9.87. The van der Waals surface area contributed by atoms with Crippen LogP contribution in [0.2, 0.25) is 0 Å². The molecule has 8 nitrogen and oxygen atoms in total. The maximum Gasteiger partial charge on any atom is 0.316 e. The average molecular weight is 636 g/mol. The Balaban J connectivity index is 0.00000500. The number of unbranched alkanes of at least 4 members (excludes halogenated alkanes) is 1. The maximum absolute atomic E-state index is 14.0. The number of hydrogen-bond donors (Lipinski definition) is 4. The van der Waals surface area contributed by atoms with E-state index in [1.165, 1.54) is 0 Å². The average Bonchev–Trinajstić information content (AvgIpc) is 3.41. The highest BCUT2D eigenvalue weighted by molar-refractivity contribution is 6.02. The van der Waals surface area contributed by atoms with Crippen molar-refractivity contribution in [2.45, 2.75) is 44.6 Å². The van der Waals surface area contributed by atoms with Crippen LogP contribution in [0.15, 0.2) is 103 Å². The lowest BCUT2D eigenvalue weighted by molar-refractivity contribution is -0.152. The Labute approximate surface area is 277 Å². The van der Waals surface area contributed by atoms with Crippen LogP contribution in [-0.2, 0) is 32.1 Å². The second kappa shape index (κ2) is 17.3. The number of carbonyl (C=O) groups excluding carboxylic acids is 3. The molecular formula is C39H45N3O5. The number of nitrogens with one attached hydrogen (secondary N) is 2. The molecule has 4 aromatic carbocycles. The molecule has 4 aromatic rings. The number of rotatable bonds is 16. The van der Waals surface area contributed by atoms with Crippen molar-refractivity contribution in [1.82, 2.24) is 11.5 Å². The minimum Gasteiger partial charge on any atom is -0.464 e. The van der Waals surface area contributed by atoms with E-state index < -0.39 is 17.8 Å². The second-order valence-electron chi connectivity index (χ2n) is 11.9. The van der Waals surface area contributed by atoms with E-state index >= 15 is 0 Å². The van der Waals surface area contributed by atoms with Crippen LogP contribution in [0.25, 0.3) is 11.1 Å².